The molecule has 4 atom stereocenters. The zero-order valence-electron chi connectivity index (χ0n) is 52.6. The predicted octanol–water partition coefficient (Wildman–Crippen LogP) is 18.9. The molecule has 7 aromatic carbocycles. The van der Waals surface area contributed by atoms with E-state index in [9.17, 15) is 0 Å². The number of rotatable bonds is 3. The first-order valence-corrected chi connectivity index (χ1v) is 31.4. The Labute approximate surface area is 488 Å². The van der Waals surface area contributed by atoms with Crippen LogP contribution in [-0.4, -0.2) is 17.8 Å². The molecule has 0 radical (unpaired) electrons. The zero-order valence-corrected chi connectivity index (χ0v) is 52.6. The van der Waals surface area contributed by atoms with Gasteiger partial charge in [-0.2, -0.15) is 0 Å². The summed E-state index contributed by atoms with van der Waals surface area (Å²) in [6, 6.07) is 50.1. The summed E-state index contributed by atoms with van der Waals surface area (Å²) in [5.41, 5.74) is 30.2. The minimum absolute atomic E-state index is 0.00895. The molecule has 3 nitrogen and oxygen atoms in total. The minimum atomic E-state index is -0.303. The molecule has 0 spiro atoms. The maximum absolute atomic E-state index is 3.00. The van der Waals surface area contributed by atoms with Crippen LogP contribution in [0, 0.1) is 0 Å². The molecule has 0 N–H and O–H groups in total. The first kappa shape index (κ1) is 53.0. The Hall–Kier alpha value is -6.00. The number of fused-ring (bicyclic) bond motifs is 14. The Morgan fingerprint density at radius 2 is 0.926 bits per heavy atom. The van der Waals surface area contributed by atoms with Gasteiger partial charge in [0.1, 0.15) is 0 Å². The monoisotopic (exact) mass is 1070 g/mol. The molecule has 0 saturated heterocycles. The summed E-state index contributed by atoms with van der Waals surface area (Å²) in [5, 5.41) is 0. The molecule has 416 valence electrons. The van der Waals surface area contributed by atoms with Gasteiger partial charge in [0.05, 0.1) is 16.8 Å². The highest BCUT2D eigenvalue weighted by molar-refractivity contribution is 7.00. The van der Waals surface area contributed by atoms with Crippen molar-refractivity contribution >= 4 is 62.9 Å². The van der Waals surface area contributed by atoms with E-state index in [0.717, 1.165) is 12.8 Å². The van der Waals surface area contributed by atoms with Crippen LogP contribution >= 0.6 is 0 Å². The smallest absolute Gasteiger partial charge is 0.252 e. The van der Waals surface area contributed by atoms with Crippen molar-refractivity contribution in [3.05, 3.63) is 166 Å². The van der Waals surface area contributed by atoms with E-state index in [1.165, 1.54) is 156 Å². The van der Waals surface area contributed by atoms with Crippen LogP contribution in [0.25, 0.3) is 22.3 Å². The van der Waals surface area contributed by atoms with Crippen LogP contribution in [0.2, 0.25) is 0 Å². The zero-order chi connectivity index (χ0) is 57.3. The van der Waals surface area contributed by atoms with Crippen LogP contribution in [0.1, 0.15) is 221 Å². The summed E-state index contributed by atoms with van der Waals surface area (Å²) in [6.07, 6.45) is 9.68. The van der Waals surface area contributed by atoms with Gasteiger partial charge >= 0.3 is 0 Å². The maximum Gasteiger partial charge on any atom is 0.252 e. The van der Waals surface area contributed by atoms with Gasteiger partial charge in [0, 0.05) is 55.9 Å². The second-order valence-corrected chi connectivity index (χ2v) is 32.1. The molecule has 14 rings (SSSR count). The molecule has 0 bridgehead atoms. The maximum atomic E-state index is 3.00. The third-order valence-corrected chi connectivity index (χ3v) is 22.9. The molecule has 7 aliphatic rings. The molecule has 4 heteroatoms. The molecule has 7 aromatic rings. The molecule has 2 fully saturated rings. The molecule has 3 aliphatic carbocycles. The SMILES string of the molecule is CC(C)(C)c1ccc(N2c3cc(N4c5ccc(C(C)(C)C)cc5C5(C)CCCCC45C)cc4c3B(c3ccc5c(c32)C(C)(C)c2ccc(C(C)(C)C)cc2-5)c2cc(C(C)(C)C)cc3c2N4C2(C)CCCCC32C)c(-c2ccccc2)c1. The number of hydrogen-bond acceptors (Lipinski definition) is 3. The lowest BCUT2D eigenvalue weighted by molar-refractivity contribution is 0.194. The minimum Gasteiger partial charge on any atom is -0.335 e. The van der Waals surface area contributed by atoms with E-state index in [0.29, 0.717) is 0 Å². The predicted molar refractivity (Wildman–Crippen MR) is 349 cm³/mol. The van der Waals surface area contributed by atoms with Crippen molar-refractivity contribution in [3.63, 3.8) is 0 Å². The fourth-order valence-electron chi connectivity index (χ4n) is 17.6. The van der Waals surface area contributed by atoms with Crippen molar-refractivity contribution in [1.29, 1.82) is 0 Å². The topological polar surface area (TPSA) is 9.72 Å². The average Bonchev–Trinajstić information content (AvgIpc) is 4.14. The van der Waals surface area contributed by atoms with E-state index < -0.39 is 0 Å². The summed E-state index contributed by atoms with van der Waals surface area (Å²) in [5.74, 6) is 0. The van der Waals surface area contributed by atoms with Crippen LogP contribution in [0.5, 0.6) is 0 Å². The molecule has 0 amide bonds. The number of nitrogens with zero attached hydrogens (tertiary/aromatic N) is 3. The summed E-state index contributed by atoms with van der Waals surface area (Å²) in [7, 11) is 0. The number of hydrogen-bond donors (Lipinski definition) is 0. The highest BCUT2D eigenvalue weighted by atomic mass is 15.3. The van der Waals surface area contributed by atoms with Crippen LogP contribution < -0.4 is 31.1 Å². The summed E-state index contributed by atoms with van der Waals surface area (Å²) >= 11 is 0. The van der Waals surface area contributed by atoms with Crippen LogP contribution in [0.15, 0.2) is 121 Å². The average molecular weight is 1070 g/mol. The van der Waals surface area contributed by atoms with Gasteiger partial charge in [-0.1, -0.05) is 227 Å². The fourth-order valence-corrected chi connectivity index (χ4v) is 17.6. The molecular formula is C77H90BN3. The van der Waals surface area contributed by atoms with Gasteiger partial charge in [-0.3, -0.25) is 0 Å². The van der Waals surface area contributed by atoms with E-state index in [-0.39, 0.29) is 55.7 Å². The number of benzene rings is 7. The van der Waals surface area contributed by atoms with E-state index in [2.05, 4.69) is 261 Å². The number of anilines is 7. The summed E-state index contributed by atoms with van der Waals surface area (Å²) < 4.78 is 0. The third kappa shape index (κ3) is 7.01. The standard InChI is InChI=1S/C77H90BN3/c1-69(2,3)48-28-32-56-55(41-48)53-31-33-59-68(65(53)73(56,13)14)79(61-34-29-49(70(4,5)6)40-54(61)47-26-20-19-21-27-47)63-45-52(80-62-35-30-50(71(7,8)9)42-57(62)74(15)36-22-24-38-76(74,80)17)46-64-66(63)78(59)60-44-51(72(10,11)12)43-58-67(60)81(64)77(18)39-25-23-37-75(58,77)16/h19-21,26-35,40-46H,22-25,36-39H2,1-18H3. The fraction of sp³-hybridized carbons (Fsp3) is 0.455. The molecule has 4 aliphatic heterocycles. The van der Waals surface area contributed by atoms with Crippen LogP contribution in [0.4, 0.5) is 39.8 Å². The molecular weight excluding hydrogens is 978 g/mol. The third-order valence-electron chi connectivity index (χ3n) is 22.9. The molecule has 4 heterocycles. The second-order valence-electron chi connectivity index (χ2n) is 32.1. The van der Waals surface area contributed by atoms with Crippen LogP contribution in [-0.2, 0) is 37.9 Å². The highest BCUT2D eigenvalue weighted by Crippen LogP contribution is 2.66. The van der Waals surface area contributed by atoms with E-state index in [1.54, 1.807) is 5.56 Å². The normalized spacial score (nSPS) is 24.7. The Balaban J connectivity index is 1.17. The summed E-state index contributed by atoms with van der Waals surface area (Å²) in [6.45, 7) is 44.5. The van der Waals surface area contributed by atoms with Crippen molar-refractivity contribution < 1.29 is 0 Å². The van der Waals surface area contributed by atoms with Gasteiger partial charge in [0.25, 0.3) is 6.71 Å². The second kappa shape index (κ2) is 16.6. The van der Waals surface area contributed by atoms with Crippen molar-refractivity contribution in [2.45, 2.75) is 225 Å². The highest BCUT2D eigenvalue weighted by Gasteiger charge is 2.63. The quantitative estimate of drug-likeness (QED) is 0.163. The van der Waals surface area contributed by atoms with Crippen molar-refractivity contribution in [1.82, 2.24) is 0 Å². The Bertz CT molecular complexity index is 3830. The lowest BCUT2D eigenvalue weighted by atomic mass is 9.33. The Kier molecular flexibility index (Phi) is 10.9. The molecule has 0 aromatic heterocycles. The first-order valence-electron chi connectivity index (χ1n) is 31.4. The van der Waals surface area contributed by atoms with Crippen molar-refractivity contribution in [2.75, 3.05) is 14.7 Å². The van der Waals surface area contributed by atoms with Gasteiger partial charge in [-0.15, -0.1) is 0 Å². The van der Waals surface area contributed by atoms with E-state index >= 15 is 0 Å². The van der Waals surface area contributed by atoms with Crippen LogP contribution in [0.3, 0.4) is 0 Å². The lowest BCUT2D eigenvalue weighted by Gasteiger charge is -2.54. The Morgan fingerprint density at radius 3 is 1.56 bits per heavy atom. The van der Waals surface area contributed by atoms with Gasteiger partial charge in [-0.05, 0) is 169 Å². The van der Waals surface area contributed by atoms with Gasteiger partial charge in [0.15, 0.2) is 0 Å². The van der Waals surface area contributed by atoms with Gasteiger partial charge in [0.2, 0.25) is 0 Å². The lowest BCUT2D eigenvalue weighted by Crippen LogP contribution is -2.65. The van der Waals surface area contributed by atoms with E-state index in [1.807, 2.05) is 0 Å². The van der Waals surface area contributed by atoms with Gasteiger partial charge in [-0.25, -0.2) is 0 Å². The van der Waals surface area contributed by atoms with Crippen molar-refractivity contribution in [3.8, 4) is 22.3 Å². The first-order chi connectivity index (χ1) is 37.9. The largest absolute Gasteiger partial charge is 0.335 e. The molecule has 81 heavy (non-hydrogen) atoms. The van der Waals surface area contributed by atoms with Gasteiger partial charge < -0.3 is 14.7 Å². The molecule has 2 saturated carbocycles. The summed E-state index contributed by atoms with van der Waals surface area (Å²) in [4.78, 5) is 8.77. The van der Waals surface area contributed by atoms with Crippen molar-refractivity contribution in [2.24, 2.45) is 0 Å². The van der Waals surface area contributed by atoms with E-state index in [4.69, 9.17) is 0 Å². The molecule has 4 unspecified atom stereocenters. The Morgan fingerprint density at radius 1 is 0.395 bits per heavy atom.